The lowest BCUT2D eigenvalue weighted by atomic mass is 10.1. The fourth-order valence-corrected chi connectivity index (χ4v) is 4.08. The second kappa shape index (κ2) is 7.94. The number of nitrogens with zero attached hydrogens (tertiary/aromatic N) is 2. The highest BCUT2D eigenvalue weighted by molar-refractivity contribution is 7.92. The van der Waals surface area contributed by atoms with Crippen molar-refractivity contribution in [1.29, 1.82) is 0 Å². The summed E-state index contributed by atoms with van der Waals surface area (Å²) in [5.41, 5.74) is 1.75. The van der Waals surface area contributed by atoms with Gasteiger partial charge in [0.2, 0.25) is 10.0 Å². The van der Waals surface area contributed by atoms with Crippen molar-refractivity contribution in [2.24, 2.45) is 0 Å². The molecule has 2 heterocycles. The van der Waals surface area contributed by atoms with Gasteiger partial charge in [-0.1, -0.05) is 6.07 Å². The van der Waals surface area contributed by atoms with Crippen LogP contribution in [0.3, 0.4) is 0 Å². The van der Waals surface area contributed by atoms with Crippen LogP contribution in [0.15, 0.2) is 18.2 Å². The lowest BCUT2D eigenvalue weighted by Gasteiger charge is -2.35. The molecule has 1 amide bonds. The van der Waals surface area contributed by atoms with Gasteiger partial charge in [-0.25, -0.2) is 8.42 Å². The van der Waals surface area contributed by atoms with E-state index >= 15 is 0 Å². The first kappa shape index (κ1) is 19.1. The highest BCUT2D eigenvalue weighted by Gasteiger charge is 2.25. The van der Waals surface area contributed by atoms with Gasteiger partial charge in [0.15, 0.2) is 0 Å². The maximum absolute atomic E-state index is 12.8. The third-order valence-corrected chi connectivity index (χ3v) is 5.52. The molecule has 2 fully saturated rings. The Morgan fingerprint density at radius 3 is 2.62 bits per heavy atom. The topological polar surface area (TPSA) is 79.0 Å². The summed E-state index contributed by atoms with van der Waals surface area (Å²) in [5.74, 6) is -0.0571. The van der Waals surface area contributed by atoms with Crippen molar-refractivity contribution >= 4 is 21.6 Å². The van der Waals surface area contributed by atoms with E-state index in [0.717, 1.165) is 50.9 Å². The molecule has 1 aromatic rings. The van der Waals surface area contributed by atoms with E-state index in [1.807, 2.05) is 11.8 Å². The molecule has 0 bridgehead atoms. The Morgan fingerprint density at radius 2 is 2.00 bits per heavy atom. The summed E-state index contributed by atoms with van der Waals surface area (Å²) in [7, 11) is -3.38. The number of ether oxygens (including phenoxy) is 1. The first-order valence-electron chi connectivity index (χ1n) is 9.03. The normalized spacial score (nSPS) is 21.8. The second-order valence-electron chi connectivity index (χ2n) is 7.13. The molecule has 0 radical (unpaired) electrons. The summed E-state index contributed by atoms with van der Waals surface area (Å²) < 4.78 is 31.1. The molecule has 26 heavy (non-hydrogen) atoms. The van der Waals surface area contributed by atoms with Gasteiger partial charge in [-0.15, -0.1) is 0 Å². The second-order valence-corrected chi connectivity index (χ2v) is 8.88. The molecule has 144 valence electrons. The van der Waals surface area contributed by atoms with Crippen molar-refractivity contribution in [3.63, 3.8) is 0 Å². The number of hydrogen-bond donors (Lipinski definition) is 1. The average molecular weight is 381 g/mol. The van der Waals surface area contributed by atoms with Crippen LogP contribution in [0.1, 0.15) is 28.8 Å². The van der Waals surface area contributed by atoms with Gasteiger partial charge in [0, 0.05) is 44.9 Å². The number of amides is 1. The average Bonchev–Trinajstić information content (AvgIpc) is 3.09. The van der Waals surface area contributed by atoms with E-state index in [9.17, 15) is 13.2 Å². The Morgan fingerprint density at radius 1 is 1.27 bits per heavy atom. The van der Waals surface area contributed by atoms with E-state index in [-0.39, 0.29) is 5.91 Å². The maximum atomic E-state index is 12.8. The van der Waals surface area contributed by atoms with Crippen LogP contribution in [0.4, 0.5) is 5.69 Å². The van der Waals surface area contributed by atoms with Gasteiger partial charge in [0.25, 0.3) is 5.91 Å². The zero-order valence-electron chi connectivity index (χ0n) is 15.4. The van der Waals surface area contributed by atoms with E-state index in [1.165, 1.54) is 0 Å². The molecule has 3 rings (SSSR count). The van der Waals surface area contributed by atoms with Gasteiger partial charge < -0.3 is 9.64 Å². The van der Waals surface area contributed by atoms with Crippen molar-refractivity contribution in [3.05, 3.63) is 29.3 Å². The fraction of sp³-hybridized carbons (Fsp3) is 0.611. The molecular formula is C18H27N3O4S. The monoisotopic (exact) mass is 381 g/mol. The Labute approximate surface area is 155 Å². The number of nitrogens with one attached hydrogen (secondary N) is 1. The molecule has 1 atom stereocenters. The minimum absolute atomic E-state index is 0.0571. The van der Waals surface area contributed by atoms with E-state index in [1.54, 1.807) is 18.2 Å². The number of rotatable bonds is 5. The van der Waals surface area contributed by atoms with Crippen molar-refractivity contribution < 1.29 is 17.9 Å². The van der Waals surface area contributed by atoms with Gasteiger partial charge >= 0.3 is 0 Å². The number of carbonyl (C=O) groups is 1. The van der Waals surface area contributed by atoms with Crippen LogP contribution in [0.2, 0.25) is 0 Å². The number of carbonyl (C=O) groups excluding carboxylic acids is 1. The molecule has 2 aliphatic rings. The number of anilines is 1. The lowest BCUT2D eigenvalue weighted by Crippen LogP contribution is -2.50. The largest absolute Gasteiger partial charge is 0.377 e. The Kier molecular flexibility index (Phi) is 5.84. The van der Waals surface area contributed by atoms with Crippen LogP contribution < -0.4 is 4.72 Å². The van der Waals surface area contributed by atoms with Gasteiger partial charge in [0.05, 0.1) is 18.0 Å². The number of benzene rings is 1. The molecular weight excluding hydrogens is 354 g/mol. The van der Waals surface area contributed by atoms with Crippen LogP contribution in [0.25, 0.3) is 0 Å². The molecule has 1 N–H and O–H groups in total. The minimum atomic E-state index is -3.38. The van der Waals surface area contributed by atoms with Crippen LogP contribution in [-0.4, -0.2) is 75.8 Å². The lowest BCUT2D eigenvalue weighted by molar-refractivity contribution is 0.0433. The van der Waals surface area contributed by atoms with Gasteiger partial charge in [-0.2, -0.15) is 0 Å². The molecule has 0 aliphatic carbocycles. The first-order chi connectivity index (χ1) is 12.3. The Bertz CT molecular complexity index is 752. The fourth-order valence-electron chi connectivity index (χ4n) is 3.46. The molecule has 2 aliphatic heterocycles. The summed E-state index contributed by atoms with van der Waals surface area (Å²) in [4.78, 5) is 17.0. The van der Waals surface area contributed by atoms with Gasteiger partial charge in [-0.05, 0) is 37.5 Å². The Hall–Kier alpha value is -1.64. The Balaban J connectivity index is 1.60. The molecule has 7 nitrogen and oxygen atoms in total. The zero-order valence-corrected chi connectivity index (χ0v) is 16.2. The summed E-state index contributed by atoms with van der Waals surface area (Å²) in [6.45, 7) is 6.64. The molecule has 2 saturated heterocycles. The van der Waals surface area contributed by atoms with Gasteiger partial charge in [-0.3, -0.25) is 14.4 Å². The molecule has 8 heteroatoms. The summed E-state index contributed by atoms with van der Waals surface area (Å²) in [6.07, 6.45) is 3.70. The standard InChI is InChI=1S/C18H27N3O4S/c1-14-5-6-15(12-17(14)19-26(2,23)24)18(22)21-9-7-20(8-10-21)13-16-4-3-11-25-16/h5-6,12,16,19H,3-4,7-11,13H2,1-2H3. The molecule has 1 unspecified atom stereocenters. The van der Waals surface area contributed by atoms with Crippen LogP contribution >= 0.6 is 0 Å². The molecule has 1 aromatic carbocycles. The van der Waals surface area contributed by atoms with Crippen molar-refractivity contribution in [2.45, 2.75) is 25.9 Å². The van der Waals surface area contributed by atoms with Crippen molar-refractivity contribution in [2.75, 3.05) is 50.3 Å². The van der Waals surface area contributed by atoms with E-state index in [2.05, 4.69) is 9.62 Å². The third-order valence-electron chi connectivity index (χ3n) is 4.93. The maximum Gasteiger partial charge on any atom is 0.254 e. The SMILES string of the molecule is Cc1ccc(C(=O)N2CCN(CC3CCCO3)CC2)cc1NS(C)(=O)=O. The third kappa shape index (κ3) is 4.96. The summed E-state index contributed by atoms with van der Waals surface area (Å²) in [5, 5.41) is 0. The molecule has 0 aromatic heterocycles. The van der Waals surface area contributed by atoms with Gasteiger partial charge in [0.1, 0.15) is 0 Å². The smallest absolute Gasteiger partial charge is 0.254 e. The quantitative estimate of drug-likeness (QED) is 0.832. The predicted octanol–water partition coefficient (Wildman–Crippen LogP) is 1.30. The number of aryl methyl sites for hydroxylation is 1. The predicted molar refractivity (Wildman–Crippen MR) is 101 cm³/mol. The highest BCUT2D eigenvalue weighted by Crippen LogP contribution is 2.20. The molecule has 0 saturated carbocycles. The van der Waals surface area contributed by atoms with Crippen molar-refractivity contribution in [1.82, 2.24) is 9.80 Å². The highest BCUT2D eigenvalue weighted by atomic mass is 32.2. The number of piperazine rings is 1. The zero-order chi connectivity index (χ0) is 18.7. The summed E-state index contributed by atoms with van der Waals surface area (Å²) in [6, 6.07) is 5.15. The van der Waals surface area contributed by atoms with Crippen LogP contribution in [0, 0.1) is 6.92 Å². The van der Waals surface area contributed by atoms with Crippen LogP contribution in [-0.2, 0) is 14.8 Å². The van der Waals surface area contributed by atoms with E-state index in [0.29, 0.717) is 30.4 Å². The summed E-state index contributed by atoms with van der Waals surface area (Å²) >= 11 is 0. The number of sulfonamides is 1. The number of hydrogen-bond acceptors (Lipinski definition) is 5. The molecule has 0 spiro atoms. The van der Waals surface area contributed by atoms with Crippen LogP contribution in [0.5, 0.6) is 0 Å². The van der Waals surface area contributed by atoms with E-state index in [4.69, 9.17) is 4.74 Å². The minimum Gasteiger partial charge on any atom is -0.377 e. The first-order valence-corrected chi connectivity index (χ1v) is 10.9. The van der Waals surface area contributed by atoms with Crippen molar-refractivity contribution in [3.8, 4) is 0 Å². The van der Waals surface area contributed by atoms with E-state index < -0.39 is 10.0 Å².